The standard InChI is InChI=1S/C12H10F3NS/c1-2-17-11-5-6-16-10-7-8(12(13,14)15)3-4-9(10)11/h3-7H,2H2,1H3. The summed E-state index contributed by atoms with van der Waals surface area (Å²) in [7, 11) is 0. The third-order valence-corrected chi connectivity index (χ3v) is 3.29. The maximum Gasteiger partial charge on any atom is 0.416 e. The normalized spacial score (nSPS) is 12.0. The third-order valence-electron chi connectivity index (χ3n) is 2.33. The topological polar surface area (TPSA) is 12.9 Å². The summed E-state index contributed by atoms with van der Waals surface area (Å²) in [6.45, 7) is 2.00. The van der Waals surface area contributed by atoms with Gasteiger partial charge in [-0.3, -0.25) is 4.98 Å². The van der Waals surface area contributed by atoms with Gasteiger partial charge in [0.1, 0.15) is 0 Å². The Morgan fingerprint density at radius 3 is 2.65 bits per heavy atom. The molecule has 1 aromatic carbocycles. The van der Waals surface area contributed by atoms with Crippen LogP contribution in [0.25, 0.3) is 10.9 Å². The molecule has 2 aromatic rings. The van der Waals surface area contributed by atoms with Crippen LogP contribution >= 0.6 is 11.8 Å². The molecule has 90 valence electrons. The van der Waals surface area contributed by atoms with E-state index in [1.807, 2.05) is 13.0 Å². The second kappa shape index (κ2) is 4.56. The van der Waals surface area contributed by atoms with Crippen LogP contribution in [-0.4, -0.2) is 10.7 Å². The molecule has 0 saturated carbocycles. The first-order valence-electron chi connectivity index (χ1n) is 5.11. The number of nitrogens with zero attached hydrogens (tertiary/aromatic N) is 1. The maximum atomic E-state index is 12.5. The molecule has 0 aliphatic rings. The number of rotatable bonds is 2. The zero-order valence-corrected chi connectivity index (χ0v) is 9.90. The number of benzene rings is 1. The van der Waals surface area contributed by atoms with E-state index in [0.29, 0.717) is 5.52 Å². The first kappa shape index (κ1) is 12.2. The van der Waals surface area contributed by atoms with E-state index in [1.54, 1.807) is 18.0 Å². The lowest BCUT2D eigenvalue weighted by molar-refractivity contribution is -0.137. The van der Waals surface area contributed by atoms with Gasteiger partial charge in [-0.1, -0.05) is 13.0 Å². The Balaban J connectivity index is 2.57. The summed E-state index contributed by atoms with van der Waals surface area (Å²) in [6.07, 6.45) is -2.77. The highest BCUT2D eigenvalue weighted by atomic mass is 32.2. The van der Waals surface area contributed by atoms with Crippen molar-refractivity contribution in [2.24, 2.45) is 0 Å². The Morgan fingerprint density at radius 2 is 2.00 bits per heavy atom. The SMILES string of the molecule is CCSc1ccnc2cc(C(F)(F)F)ccc12. The van der Waals surface area contributed by atoms with Gasteiger partial charge in [0.25, 0.3) is 0 Å². The van der Waals surface area contributed by atoms with Gasteiger partial charge in [-0.25, -0.2) is 0 Å². The van der Waals surface area contributed by atoms with Crippen molar-refractivity contribution in [2.75, 3.05) is 5.75 Å². The summed E-state index contributed by atoms with van der Waals surface area (Å²) >= 11 is 1.60. The van der Waals surface area contributed by atoms with Crippen LogP contribution in [0, 0.1) is 0 Å². The first-order valence-corrected chi connectivity index (χ1v) is 6.09. The predicted octanol–water partition coefficient (Wildman–Crippen LogP) is 4.37. The fraction of sp³-hybridized carbons (Fsp3) is 0.250. The highest BCUT2D eigenvalue weighted by Crippen LogP contribution is 2.33. The lowest BCUT2D eigenvalue weighted by Gasteiger charge is -2.09. The van der Waals surface area contributed by atoms with Gasteiger partial charge >= 0.3 is 6.18 Å². The number of hydrogen-bond acceptors (Lipinski definition) is 2. The maximum absolute atomic E-state index is 12.5. The van der Waals surface area contributed by atoms with E-state index in [-0.39, 0.29) is 0 Å². The van der Waals surface area contributed by atoms with Crippen LogP contribution < -0.4 is 0 Å². The molecule has 0 radical (unpaired) electrons. The van der Waals surface area contributed by atoms with Crippen molar-refractivity contribution in [3.05, 3.63) is 36.0 Å². The van der Waals surface area contributed by atoms with Crippen LogP contribution in [-0.2, 0) is 6.18 Å². The molecule has 0 bridgehead atoms. The van der Waals surface area contributed by atoms with E-state index >= 15 is 0 Å². The van der Waals surface area contributed by atoms with Crippen LogP contribution in [0.3, 0.4) is 0 Å². The minimum Gasteiger partial charge on any atom is -0.256 e. The van der Waals surface area contributed by atoms with Gasteiger partial charge in [0.2, 0.25) is 0 Å². The zero-order chi connectivity index (χ0) is 12.5. The highest BCUT2D eigenvalue weighted by molar-refractivity contribution is 7.99. The van der Waals surface area contributed by atoms with Crippen LogP contribution in [0.15, 0.2) is 35.4 Å². The summed E-state index contributed by atoms with van der Waals surface area (Å²) in [5.41, 5.74) is -0.269. The van der Waals surface area contributed by atoms with Crippen LogP contribution in [0.4, 0.5) is 13.2 Å². The predicted molar refractivity (Wildman–Crippen MR) is 63.1 cm³/mol. The van der Waals surface area contributed by atoms with E-state index in [1.165, 1.54) is 6.07 Å². The molecule has 17 heavy (non-hydrogen) atoms. The minimum atomic E-state index is -4.32. The van der Waals surface area contributed by atoms with Gasteiger partial charge in [-0.05, 0) is 24.0 Å². The molecule has 0 fully saturated rings. The lowest BCUT2D eigenvalue weighted by atomic mass is 10.1. The summed E-state index contributed by atoms with van der Waals surface area (Å²) in [4.78, 5) is 4.95. The number of alkyl halides is 3. The molecule has 0 aliphatic heterocycles. The molecule has 0 N–H and O–H groups in total. The molecule has 0 spiro atoms. The van der Waals surface area contributed by atoms with Gasteiger partial charge in [-0.15, -0.1) is 11.8 Å². The summed E-state index contributed by atoms with van der Waals surface area (Å²) in [5, 5.41) is 0.771. The molecular formula is C12H10F3NS. The monoisotopic (exact) mass is 257 g/mol. The average Bonchev–Trinajstić information content (AvgIpc) is 2.28. The summed E-state index contributed by atoms with van der Waals surface area (Å²) in [6, 6.07) is 5.51. The molecule has 1 aromatic heterocycles. The van der Waals surface area contributed by atoms with E-state index in [0.717, 1.165) is 28.2 Å². The molecule has 0 saturated heterocycles. The van der Waals surface area contributed by atoms with Crippen molar-refractivity contribution in [1.29, 1.82) is 0 Å². The van der Waals surface area contributed by atoms with Crippen LogP contribution in [0.2, 0.25) is 0 Å². The Hall–Kier alpha value is -1.23. The quantitative estimate of drug-likeness (QED) is 0.741. The second-order valence-electron chi connectivity index (χ2n) is 3.47. The van der Waals surface area contributed by atoms with Crippen molar-refractivity contribution < 1.29 is 13.2 Å². The van der Waals surface area contributed by atoms with Crippen molar-refractivity contribution in [3.63, 3.8) is 0 Å². The molecule has 0 atom stereocenters. The third kappa shape index (κ3) is 2.54. The minimum absolute atomic E-state index is 0.387. The zero-order valence-electron chi connectivity index (χ0n) is 9.08. The van der Waals surface area contributed by atoms with Crippen LogP contribution in [0.1, 0.15) is 12.5 Å². The number of thioether (sulfide) groups is 1. The molecule has 0 amide bonds. The molecule has 0 unspecified atom stereocenters. The molecule has 0 aliphatic carbocycles. The van der Waals surface area contributed by atoms with E-state index < -0.39 is 11.7 Å². The Morgan fingerprint density at radius 1 is 1.24 bits per heavy atom. The molecule has 1 heterocycles. The smallest absolute Gasteiger partial charge is 0.256 e. The number of aromatic nitrogens is 1. The van der Waals surface area contributed by atoms with Crippen molar-refractivity contribution >= 4 is 22.7 Å². The van der Waals surface area contributed by atoms with E-state index in [2.05, 4.69) is 4.98 Å². The lowest BCUT2D eigenvalue weighted by Crippen LogP contribution is -2.04. The van der Waals surface area contributed by atoms with Gasteiger partial charge in [-0.2, -0.15) is 13.2 Å². The molecule has 1 nitrogen and oxygen atoms in total. The fourth-order valence-electron chi connectivity index (χ4n) is 1.58. The Labute approximate surface area is 101 Å². The Kier molecular flexibility index (Phi) is 3.28. The number of pyridine rings is 1. The molecular weight excluding hydrogens is 247 g/mol. The fourth-order valence-corrected chi connectivity index (χ4v) is 2.38. The van der Waals surface area contributed by atoms with Crippen molar-refractivity contribution in [3.8, 4) is 0 Å². The van der Waals surface area contributed by atoms with Crippen LogP contribution in [0.5, 0.6) is 0 Å². The molecule has 2 rings (SSSR count). The van der Waals surface area contributed by atoms with Crippen molar-refractivity contribution in [2.45, 2.75) is 18.0 Å². The van der Waals surface area contributed by atoms with Gasteiger partial charge < -0.3 is 0 Å². The summed E-state index contributed by atoms with van der Waals surface area (Å²) in [5.74, 6) is 0.875. The first-order chi connectivity index (χ1) is 8.02. The second-order valence-corrected chi connectivity index (χ2v) is 4.78. The van der Waals surface area contributed by atoms with Gasteiger partial charge in [0.05, 0.1) is 11.1 Å². The van der Waals surface area contributed by atoms with E-state index in [9.17, 15) is 13.2 Å². The van der Waals surface area contributed by atoms with E-state index in [4.69, 9.17) is 0 Å². The average molecular weight is 257 g/mol. The van der Waals surface area contributed by atoms with Gasteiger partial charge in [0.15, 0.2) is 0 Å². The number of hydrogen-bond donors (Lipinski definition) is 0. The molecule has 5 heteroatoms. The Bertz CT molecular complexity index is 537. The van der Waals surface area contributed by atoms with Gasteiger partial charge in [0, 0.05) is 16.5 Å². The highest BCUT2D eigenvalue weighted by Gasteiger charge is 2.30. The largest absolute Gasteiger partial charge is 0.416 e. The number of fused-ring (bicyclic) bond motifs is 1. The summed E-state index contributed by atoms with van der Waals surface area (Å²) < 4.78 is 37.6. The van der Waals surface area contributed by atoms with Crippen molar-refractivity contribution in [1.82, 2.24) is 4.98 Å². The number of halogens is 3.